The fourth-order valence-electron chi connectivity index (χ4n) is 3.56. The van der Waals surface area contributed by atoms with E-state index in [0.717, 1.165) is 12.1 Å². The van der Waals surface area contributed by atoms with Crippen LogP contribution in [0.4, 0.5) is 27.0 Å². The fourth-order valence-corrected chi connectivity index (χ4v) is 4.43. The number of nitrogens with two attached hydrogens (primary N) is 2. The largest absolute Gasteiger partial charge is 0.405 e. The lowest BCUT2D eigenvalue weighted by Gasteiger charge is -2.29. The van der Waals surface area contributed by atoms with Gasteiger partial charge >= 0.3 is 6.18 Å². The molecule has 1 aliphatic rings. The van der Waals surface area contributed by atoms with E-state index in [1.54, 1.807) is 4.90 Å². The van der Waals surface area contributed by atoms with E-state index in [4.69, 9.17) is 16.9 Å². The zero-order chi connectivity index (χ0) is 25.8. The maximum absolute atomic E-state index is 14.1. The van der Waals surface area contributed by atoms with E-state index in [1.807, 2.05) is 0 Å². The molecule has 190 valence electrons. The zero-order valence-electron chi connectivity index (χ0n) is 18.4. The number of nitrogens with zero attached hydrogens (tertiary/aromatic N) is 2. The Labute approximate surface area is 201 Å². The molecule has 1 fully saturated rings. The molecule has 2 aromatic rings. The Bertz CT molecular complexity index is 1100. The Balaban J connectivity index is 1.93. The summed E-state index contributed by atoms with van der Waals surface area (Å²) in [6.45, 7) is -0.728. The molecule has 0 bridgehead atoms. The van der Waals surface area contributed by atoms with Gasteiger partial charge in [0.1, 0.15) is 34.0 Å². The van der Waals surface area contributed by atoms with Crippen LogP contribution in [0.15, 0.2) is 29.7 Å². The molecule has 14 heteroatoms. The number of carbonyl (C=O) groups excluding carboxylic acids is 1. The first-order chi connectivity index (χ1) is 16.5. The van der Waals surface area contributed by atoms with Gasteiger partial charge in [0, 0.05) is 25.3 Å². The molecule has 0 aliphatic carbocycles. The number of halogens is 5. The van der Waals surface area contributed by atoms with Crippen molar-refractivity contribution < 1.29 is 26.7 Å². The number of anilines is 1. The number of carbonyl (C=O) groups is 1. The van der Waals surface area contributed by atoms with E-state index in [-0.39, 0.29) is 33.3 Å². The van der Waals surface area contributed by atoms with Crippen molar-refractivity contribution in [2.75, 3.05) is 25.4 Å². The molecule has 3 rings (SSSR count). The number of allylic oxidation sites excluding steroid dienone is 1. The number of rotatable bonds is 7. The summed E-state index contributed by atoms with van der Waals surface area (Å²) in [5.41, 5.74) is 10.7. The number of nitrogen functional groups attached to an aromatic ring is 1. The molecular weight excluding hydrogens is 493 g/mol. The summed E-state index contributed by atoms with van der Waals surface area (Å²) >= 11 is 0.676. The van der Waals surface area contributed by atoms with Crippen LogP contribution in [-0.2, 0) is 0 Å². The number of thiazole rings is 1. The maximum Gasteiger partial charge on any atom is 0.405 e. The number of hydrogen-bond donors (Lipinski definition) is 5. The van der Waals surface area contributed by atoms with Gasteiger partial charge in [-0.1, -0.05) is 17.4 Å². The molecule has 0 radical (unpaired) electrons. The lowest BCUT2D eigenvalue weighted by molar-refractivity contribution is -0.124. The highest BCUT2D eigenvalue weighted by molar-refractivity contribution is 7.19. The highest BCUT2D eigenvalue weighted by Gasteiger charge is 2.30. The Morgan fingerprint density at radius 2 is 1.94 bits per heavy atom. The molecule has 1 atom stereocenters. The highest BCUT2D eigenvalue weighted by Crippen LogP contribution is 2.33. The standard InChI is InChI=1S/C21H24F5N7OS/c22-12-4-1-5-13(23)15(12)20-32-16(17(29)35-20)19(34)31-14(9-27)18(30-10-21(24,25)26)33-7-2-3-11(28)6-8-33/h1,4-5,9,11,27,30H,2-3,6-8,10,28-29H2,(H,31,34)/b18-14-,27-9?/t11-/m1/s1. The molecular formula is C21H24F5N7OS. The third-order valence-electron chi connectivity index (χ3n) is 5.24. The first-order valence-corrected chi connectivity index (χ1v) is 11.4. The van der Waals surface area contributed by atoms with Crippen LogP contribution in [0, 0.1) is 17.0 Å². The van der Waals surface area contributed by atoms with Crippen molar-refractivity contribution in [1.29, 1.82) is 5.41 Å². The molecule has 1 aromatic carbocycles. The molecule has 1 saturated heterocycles. The van der Waals surface area contributed by atoms with Gasteiger partial charge in [-0.2, -0.15) is 13.2 Å². The summed E-state index contributed by atoms with van der Waals surface area (Å²) in [6.07, 6.45) is -2.06. The van der Waals surface area contributed by atoms with Gasteiger partial charge in [-0.05, 0) is 31.4 Å². The average Bonchev–Trinajstić information content (AvgIpc) is 3.02. The summed E-state index contributed by atoms with van der Waals surface area (Å²) in [4.78, 5) is 18.4. The van der Waals surface area contributed by atoms with Gasteiger partial charge in [0.2, 0.25) is 0 Å². The van der Waals surface area contributed by atoms with Crippen LogP contribution >= 0.6 is 11.3 Å². The smallest absolute Gasteiger partial charge is 0.389 e. The summed E-state index contributed by atoms with van der Waals surface area (Å²) in [5.74, 6) is -2.85. The SMILES string of the molecule is N=C/C(NC(=O)c1nc(-c2c(F)cccc2F)sc1N)=C(\NCC(F)(F)F)N1CCC[C@@H](N)CC1. The van der Waals surface area contributed by atoms with Crippen LogP contribution in [0.2, 0.25) is 0 Å². The van der Waals surface area contributed by atoms with Crippen molar-refractivity contribution in [2.24, 2.45) is 5.73 Å². The van der Waals surface area contributed by atoms with E-state index in [1.165, 1.54) is 6.07 Å². The van der Waals surface area contributed by atoms with Crippen LogP contribution in [0.1, 0.15) is 29.8 Å². The van der Waals surface area contributed by atoms with Gasteiger partial charge in [0.15, 0.2) is 5.69 Å². The Morgan fingerprint density at radius 1 is 1.26 bits per heavy atom. The summed E-state index contributed by atoms with van der Waals surface area (Å²) in [7, 11) is 0. The lowest BCUT2D eigenvalue weighted by atomic mass is 10.1. The van der Waals surface area contributed by atoms with E-state index >= 15 is 0 Å². The summed E-state index contributed by atoms with van der Waals surface area (Å²) in [6, 6.07) is 3.11. The van der Waals surface area contributed by atoms with Crippen LogP contribution < -0.4 is 22.1 Å². The van der Waals surface area contributed by atoms with Gasteiger partial charge in [0.05, 0.1) is 11.3 Å². The van der Waals surface area contributed by atoms with Gasteiger partial charge < -0.3 is 32.4 Å². The summed E-state index contributed by atoms with van der Waals surface area (Å²) in [5, 5.41) is 12.0. The molecule has 1 aliphatic heterocycles. The number of hydrogen-bond acceptors (Lipinski definition) is 8. The lowest BCUT2D eigenvalue weighted by Crippen LogP contribution is -2.41. The van der Waals surface area contributed by atoms with Gasteiger partial charge in [-0.15, -0.1) is 0 Å². The van der Waals surface area contributed by atoms with Gasteiger partial charge in [0.25, 0.3) is 5.91 Å². The average molecular weight is 518 g/mol. The van der Waals surface area contributed by atoms with Crippen molar-refractivity contribution in [3.63, 3.8) is 0 Å². The molecule has 35 heavy (non-hydrogen) atoms. The molecule has 0 saturated carbocycles. The minimum Gasteiger partial charge on any atom is -0.389 e. The molecule has 1 amide bonds. The van der Waals surface area contributed by atoms with Crippen molar-refractivity contribution in [2.45, 2.75) is 31.5 Å². The predicted molar refractivity (Wildman–Crippen MR) is 123 cm³/mol. The number of aromatic nitrogens is 1. The van der Waals surface area contributed by atoms with Crippen molar-refractivity contribution in [3.05, 3.63) is 47.0 Å². The number of alkyl halides is 3. The quantitative estimate of drug-likeness (QED) is 0.283. The van der Waals surface area contributed by atoms with E-state index in [2.05, 4.69) is 15.6 Å². The molecule has 0 spiro atoms. The first-order valence-electron chi connectivity index (χ1n) is 10.6. The first kappa shape index (κ1) is 26.3. The second-order valence-corrected chi connectivity index (χ2v) is 8.87. The second kappa shape index (κ2) is 11.0. The van der Waals surface area contributed by atoms with E-state index < -0.39 is 35.8 Å². The molecule has 2 heterocycles. The third kappa shape index (κ3) is 6.66. The Kier molecular flexibility index (Phi) is 8.27. The molecule has 7 N–H and O–H groups in total. The van der Waals surface area contributed by atoms with Crippen molar-refractivity contribution in [3.8, 4) is 10.6 Å². The highest BCUT2D eigenvalue weighted by atomic mass is 32.1. The normalized spacial score (nSPS) is 17.4. The monoisotopic (exact) mass is 517 g/mol. The number of amides is 1. The van der Waals surface area contributed by atoms with Crippen LogP contribution in [0.5, 0.6) is 0 Å². The van der Waals surface area contributed by atoms with Gasteiger partial charge in [-0.3, -0.25) is 4.79 Å². The molecule has 1 aromatic heterocycles. The van der Waals surface area contributed by atoms with Crippen LogP contribution in [-0.4, -0.2) is 53.9 Å². The van der Waals surface area contributed by atoms with Crippen LogP contribution in [0.25, 0.3) is 10.6 Å². The van der Waals surface area contributed by atoms with Crippen molar-refractivity contribution >= 4 is 28.5 Å². The van der Waals surface area contributed by atoms with Crippen LogP contribution in [0.3, 0.4) is 0 Å². The third-order valence-corrected chi connectivity index (χ3v) is 6.14. The zero-order valence-corrected chi connectivity index (χ0v) is 19.2. The second-order valence-electron chi connectivity index (χ2n) is 7.84. The topological polar surface area (TPSA) is 133 Å². The minimum atomic E-state index is -4.55. The Hall–Kier alpha value is -3.26. The van der Waals surface area contributed by atoms with E-state index in [0.29, 0.717) is 49.9 Å². The Morgan fingerprint density at radius 3 is 2.57 bits per heavy atom. The van der Waals surface area contributed by atoms with E-state index in [9.17, 15) is 26.7 Å². The van der Waals surface area contributed by atoms with Gasteiger partial charge in [-0.25, -0.2) is 13.8 Å². The van der Waals surface area contributed by atoms with Crippen molar-refractivity contribution in [1.82, 2.24) is 20.5 Å². The fraction of sp³-hybridized carbons (Fsp3) is 0.381. The summed E-state index contributed by atoms with van der Waals surface area (Å²) < 4.78 is 67.1. The number of likely N-dealkylation sites (tertiary alicyclic amines) is 1. The minimum absolute atomic E-state index is 0.103. The molecule has 8 nitrogen and oxygen atoms in total. The number of benzene rings is 1. The maximum atomic E-state index is 14.1. The molecule has 0 unspecified atom stereocenters. The number of nitrogens with one attached hydrogen (secondary N) is 3. The predicted octanol–water partition coefficient (Wildman–Crippen LogP) is 3.18.